The van der Waals surface area contributed by atoms with Crippen molar-refractivity contribution in [2.24, 2.45) is 4.99 Å². The lowest BCUT2D eigenvalue weighted by molar-refractivity contribution is 0.0987. The SMILES string of the molecule is C=CCn1c(=NC(=O)c2cc(C)nn2CC)sc2cc(CC)ccc21. The standard InChI is InChI=1S/C19H22N4OS/c1-5-10-22-15-9-8-14(6-2)12-17(15)25-19(22)20-18(24)16-11-13(4)21-23(16)7-3/h5,8-9,11-12H,1,6-7,10H2,2-4H3. The molecular formula is C19H22N4OS. The smallest absolute Gasteiger partial charge is 0.297 e. The van der Waals surface area contributed by atoms with Crippen molar-refractivity contribution < 1.29 is 4.79 Å². The summed E-state index contributed by atoms with van der Waals surface area (Å²) in [6.45, 7) is 11.1. The van der Waals surface area contributed by atoms with Gasteiger partial charge >= 0.3 is 0 Å². The lowest BCUT2D eigenvalue weighted by atomic mass is 10.2. The van der Waals surface area contributed by atoms with E-state index in [1.165, 1.54) is 16.9 Å². The van der Waals surface area contributed by atoms with E-state index in [1.54, 1.807) is 10.7 Å². The van der Waals surface area contributed by atoms with Gasteiger partial charge in [-0.3, -0.25) is 9.48 Å². The van der Waals surface area contributed by atoms with Crippen molar-refractivity contribution in [2.75, 3.05) is 0 Å². The maximum Gasteiger partial charge on any atom is 0.297 e. The van der Waals surface area contributed by atoms with Gasteiger partial charge in [0.2, 0.25) is 0 Å². The van der Waals surface area contributed by atoms with Crippen LogP contribution < -0.4 is 4.80 Å². The highest BCUT2D eigenvalue weighted by molar-refractivity contribution is 7.16. The fourth-order valence-corrected chi connectivity index (χ4v) is 3.93. The highest BCUT2D eigenvalue weighted by Gasteiger charge is 2.14. The third-order valence-electron chi connectivity index (χ3n) is 4.09. The van der Waals surface area contributed by atoms with Crippen LogP contribution in [0.25, 0.3) is 10.2 Å². The second-order valence-electron chi connectivity index (χ2n) is 5.84. The zero-order chi connectivity index (χ0) is 18.0. The number of benzene rings is 1. The normalized spacial score (nSPS) is 12.0. The first kappa shape index (κ1) is 17.4. The van der Waals surface area contributed by atoms with Gasteiger partial charge in [0, 0.05) is 13.1 Å². The summed E-state index contributed by atoms with van der Waals surface area (Å²) in [7, 11) is 0. The first-order valence-electron chi connectivity index (χ1n) is 8.44. The van der Waals surface area contributed by atoms with Crippen LogP contribution in [0.2, 0.25) is 0 Å². The number of hydrogen-bond acceptors (Lipinski definition) is 3. The summed E-state index contributed by atoms with van der Waals surface area (Å²) in [4.78, 5) is 17.8. The Labute approximate surface area is 150 Å². The molecule has 0 spiro atoms. The Morgan fingerprint density at radius 2 is 2.16 bits per heavy atom. The number of aromatic nitrogens is 3. The maximum atomic E-state index is 12.7. The Morgan fingerprint density at radius 3 is 2.84 bits per heavy atom. The quantitative estimate of drug-likeness (QED) is 0.656. The molecule has 0 aliphatic carbocycles. The Balaban J connectivity index is 2.15. The Kier molecular flexibility index (Phi) is 4.99. The highest BCUT2D eigenvalue weighted by atomic mass is 32.1. The van der Waals surface area contributed by atoms with E-state index in [1.807, 2.05) is 24.5 Å². The van der Waals surface area contributed by atoms with Crippen LogP contribution in [-0.2, 0) is 19.5 Å². The van der Waals surface area contributed by atoms with Crippen LogP contribution in [0.3, 0.4) is 0 Å². The average Bonchev–Trinajstić information content (AvgIpc) is 3.15. The lowest BCUT2D eigenvalue weighted by Gasteiger charge is -2.02. The fourth-order valence-electron chi connectivity index (χ4n) is 2.83. The molecule has 0 aliphatic rings. The molecule has 2 aromatic heterocycles. The Morgan fingerprint density at radius 1 is 1.36 bits per heavy atom. The minimum atomic E-state index is -0.262. The first-order chi connectivity index (χ1) is 12.1. The molecule has 6 heteroatoms. The molecule has 0 N–H and O–H groups in total. The molecule has 1 amide bonds. The molecule has 0 fully saturated rings. The van der Waals surface area contributed by atoms with E-state index in [4.69, 9.17) is 0 Å². The number of carbonyl (C=O) groups is 1. The van der Waals surface area contributed by atoms with Crippen molar-refractivity contribution in [3.8, 4) is 0 Å². The van der Waals surface area contributed by atoms with E-state index in [2.05, 4.69) is 41.8 Å². The van der Waals surface area contributed by atoms with E-state index in [9.17, 15) is 4.79 Å². The van der Waals surface area contributed by atoms with Crippen LogP contribution in [0.5, 0.6) is 0 Å². The highest BCUT2D eigenvalue weighted by Crippen LogP contribution is 2.20. The third-order valence-corrected chi connectivity index (χ3v) is 5.13. The van der Waals surface area contributed by atoms with Gasteiger partial charge < -0.3 is 4.57 Å². The van der Waals surface area contributed by atoms with Gasteiger partial charge in [-0.25, -0.2) is 0 Å². The first-order valence-corrected chi connectivity index (χ1v) is 9.25. The number of amides is 1. The molecule has 0 atom stereocenters. The largest absolute Gasteiger partial charge is 0.312 e. The van der Waals surface area contributed by atoms with Crippen molar-refractivity contribution in [3.63, 3.8) is 0 Å². The van der Waals surface area contributed by atoms with Crippen LogP contribution in [0, 0.1) is 6.92 Å². The molecular weight excluding hydrogens is 332 g/mol. The minimum Gasteiger partial charge on any atom is -0.312 e. The van der Waals surface area contributed by atoms with Gasteiger partial charge in [-0.1, -0.05) is 30.4 Å². The van der Waals surface area contributed by atoms with Gasteiger partial charge in [0.05, 0.1) is 15.9 Å². The summed E-state index contributed by atoms with van der Waals surface area (Å²) in [5, 5.41) is 4.33. The fraction of sp³-hybridized carbons (Fsp3) is 0.316. The number of hydrogen-bond donors (Lipinski definition) is 0. The van der Waals surface area contributed by atoms with Crippen LogP contribution >= 0.6 is 11.3 Å². The van der Waals surface area contributed by atoms with Crippen molar-refractivity contribution in [1.82, 2.24) is 14.3 Å². The second kappa shape index (κ2) is 7.19. The Bertz CT molecular complexity index is 1010. The molecule has 130 valence electrons. The summed E-state index contributed by atoms with van der Waals surface area (Å²) < 4.78 is 4.86. The van der Waals surface area contributed by atoms with Crippen LogP contribution in [0.1, 0.15) is 35.6 Å². The van der Waals surface area contributed by atoms with Crippen LogP contribution in [0.15, 0.2) is 41.9 Å². The second-order valence-corrected chi connectivity index (χ2v) is 6.85. The molecule has 0 radical (unpaired) electrons. The molecule has 5 nitrogen and oxygen atoms in total. The number of thiazole rings is 1. The Hall–Kier alpha value is -2.47. The van der Waals surface area contributed by atoms with E-state index in [0.717, 1.165) is 22.3 Å². The molecule has 2 heterocycles. The van der Waals surface area contributed by atoms with Crippen molar-refractivity contribution in [2.45, 2.75) is 40.3 Å². The van der Waals surface area contributed by atoms with E-state index < -0.39 is 0 Å². The summed E-state index contributed by atoms with van der Waals surface area (Å²) in [5.41, 5.74) is 3.70. The number of rotatable bonds is 5. The summed E-state index contributed by atoms with van der Waals surface area (Å²) in [6, 6.07) is 8.17. The van der Waals surface area contributed by atoms with Gasteiger partial charge in [-0.05, 0) is 44.0 Å². The predicted molar refractivity (Wildman–Crippen MR) is 102 cm³/mol. The minimum absolute atomic E-state index is 0.262. The molecule has 1 aromatic carbocycles. The number of carbonyl (C=O) groups excluding carboxylic acids is 1. The van der Waals surface area contributed by atoms with E-state index >= 15 is 0 Å². The monoisotopic (exact) mass is 354 g/mol. The molecule has 0 saturated carbocycles. The topological polar surface area (TPSA) is 52.2 Å². The van der Waals surface area contributed by atoms with Crippen molar-refractivity contribution in [1.29, 1.82) is 0 Å². The summed E-state index contributed by atoms with van der Waals surface area (Å²) in [6.07, 6.45) is 2.81. The molecule has 3 rings (SSSR count). The zero-order valence-corrected chi connectivity index (χ0v) is 15.6. The van der Waals surface area contributed by atoms with Gasteiger partial charge in [-0.2, -0.15) is 10.1 Å². The lowest BCUT2D eigenvalue weighted by Crippen LogP contribution is -2.17. The summed E-state index contributed by atoms with van der Waals surface area (Å²) >= 11 is 1.53. The number of allylic oxidation sites excluding steroid dienone is 1. The summed E-state index contributed by atoms with van der Waals surface area (Å²) in [5.74, 6) is -0.262. The van der Waals surface area contributed by atoms with Gasteiger partial charge in [-0.15, -0.1) is 6.58 Å². The van der Waals surface area contributed by atoms with Gasteiger partial charge in [0.1, 0.15) is 5.69 Å². The van der Waals surface area contributed by atoms with Crippen molar-refractivity contribution in [3.05, 3.63) is 58.7 Å². The van der Waals surface area contributed by atoms with E-state index in [0.29, 0.717) is 23.6 Å². The van der Waals surface area contributed by atoms with E-state index in [-0.39, 0.29) is 5.91 Å². The molecule has 25 heavy (non-hydrogen) atoms. The maximum absolute atomic E-state index is 12.7. The number of nitrogens with zero attached hydrogens (tertiary/aromatic N) is 4. The van der Waals surface area contributed by atoms with Gasteiger partial charge in [0.25, 0.3) is 5.91 Å². The predicted octanol–water partition coefficient (Wildman–Crippen LogP) is 3.72. The average molecular weight is 354 g/mol. The number of fused-ring (bicyclic) bond motifs is 1. The molecule has 0 bridgehead atoms. The molecule has 0 aliphatic heterocycles. The number of aryl methyl sites for hydroxylation is 3. The van der Waals surface area contributed by atoms with Gasteiger partial charge in [0.15, 0.2) is 4.80 Å². The third kappa shape index (κ3) is 3.35. The van der Waals surface area contributed by atoms with Crippen LogP contribution in [-0.4, -0.2) is 20.3 Å². The zero-order valence-electron chi connectivity index (χ0n) is 14.8. The molecule has 3 aromatic rings. The van der Waals surface area contributed by atoms with Crippen molar-refractivity contribution >= 4 is 27.5 Å². The van der Waals surface area contributed by atoms with Crippen LogP contribution in [0.4, 0.5) is 0 Å². The molecule has 0 saturated heterocycles. The molecule has 0 unspecified atom stereocenters.